The van der Waals surface area contributed by atoms with Crippen LogP contribution in [0.25, 0.3) is 0 Å². The lowest BCUT2D eigenvalue weighted by molar-refractivity contribution is 0.0562. The third-order valence-electron chi connectivity index (χ3n) is 6.23. The van der Waals surface area contributed by atoms with Crippen LogP contribution in [0.15, 0.2) is 61.2 Å². The molecule has 1 aliphatic rings. The molecule has 0 radical (unpaired) electrons. The molecule has 170 valence electrons. The van der Waals surface area contributed by atoms with Gasteiger partial charge in [-0.05, 0) is 36.1 Å². The van der Waals surface area contributed by atoms with Crippen molar-refractivity contribution in [3.8, 4) is 5.75 Å². The normalized spacial score (nSPS) is 17.5. The fourth-order valence-electron chi connectivity index (χ4n) is 4.54. The standard InChI is InChI=1S/C25H33N5O2/c1-32-25-8-7-22(15-23(25)17-30-20-26-19-27-30)16-28-12-13-29(24(18-28)10-14-31)11-9-21-5-3-2-4-6-21/h2-8,15,19-20,24,31H,9-14,16-18H2,1H3/t24-/m0/s1. The third kappa shape index (κ3) is 5.94. The van der Waals surface area contributed by atoms with E-state index in [-0.39, 0.29) is 6.61 Å². The van der Waals surface area contributed by atoms with Gasteiger partial charge in [0.15, 0.2) is 0 Å². The maximum absolute atomic E-state index is 9.64. The van der Waals surface area contributed by atoms with Crippen molar-refractivity contribution in [1.82, 2.24) is 24.6 Å². The Labute approximate surface area is 190 Å². The van der Waals surface area contributed by atoms with Crippen molar-refractivity contribution in [1.29, 1.82) is 0 Å². The van der Waals surface area contributed by atoms with E-state index in [1.807, 2.05) is 10.7 Å². The molecule has 1 atom stereocenters. The first-order chi connectivity index (χ1) is 15.7. The summed E-state index contributed by atoms with van der Waals surface area (Å²) in [5.41, 5.74) is 3.74. The molecule has 1 saturated heterocycles. The minimum absolute atomic E-state index is 0.227. The summed E-state index contributed by atoms with van der Waals surface area (Å²) in [5.74, 6) is 0.869. The van der Waals surface area contributed by atoms with Gasteiger partial charge in [0.05, 0.1) is 13.7 Å². The third-order valence-corrected chi connectivity index (χ3v) is 6.23. The quantitative estimate of drug-likeness (QED) is 0.528. The summed E-state index contributed by atoms with van der Waals surface area (Å²) in [6, 6.07) is 17.4. The molecule has 0 bridgehead atoms. The van der Waals surface area contributed by atoms with E-state index in [1.54, 1.807) is 19.8 Å². The Morgan fingerprint density at radius 1 is 1.06 bits per heavy atom. The van der Waals surface area contributed by atoms with Crippen molar-refractivity contribution in [2.75, 3.05) is 39.9 Å². The Morgan fingerprint density at radius 2 is 1.94 bits per heavy atom. The predicted molar refractivity (Wildman–Crippen MR) is 125 cm³/mol. The molecule has 1 N–H and O–H groups in total. The van der Waals surface area contributed by atoms with Gasteiger partial charge < -0.3 is 9.84 Å². The highest BCUT2D eigenvalue weighted by Crippen LogP contribution is 2.23. The van der Waals surface area contributed by atoms with E-state index in [9.17, 15) is 5.11 Å². The largest absolute Gasteiger partial charge is 0.496 e. The zero-order valence-corrected chi connectivity index (χ0v) is 18.8. The maximum atomic E-state index is 9.64. The van der Waals surface area contributed by atoms with Gasteiger partial charge in [-0.25, -0.2) is 9.67 Å². The molecule has 2 aromatic carbocycles. The van der Waals surface area contributed by atoms with Crippen LogP contribution in [0, 0.1) is 0 Å². The molecule has 32 heavy (non-hydrogen) atoms. The van der Waals surface area contributed by atoms with Crippen LogP contribution in [-0.4, -0.2) is 75.6 Å². The first-order valence-corrected chi connectivity index (χ1v) is 11.3. The van der Waals surface area contributed by atoms with Crippen molar-refractivity contribution in [3.63, 3.8) is 0 Å². The summed E-state index contributed by atoms with van der Waals surface area (Å²) in [5, 5.41) is 13.9. The van der Waals surface area contributed by atoms with E-state index in [2.05, 4.69) is 62.3 Å². The molecule has 0 aliphatic carbocycles. The SMILES string of the molecule is COc1ccc(CN2CCN(CCc3ccccc3)[C@@H](CCO)C2)cc1Cn1cncn1. The van der Waals surface area contributed by atoms with Gasteiger partial charge in [0.2, 0.25) is 0 Å². The molecular formula is C25H33N5O2. The molecule has 0 spiro atoms. The molecule has 0 unspecified atom stereocenters. The van der Waals surface area contributed by atoms with E-state index in [1.165, 1.54) is 11.1 Å². The summed E-state index contributed by atoms with van der Waals surface area (Å²) in [6.07, 6.45) is 5.13. The Hall–Kier alpha value is -2.74. The highest BCUT2D eigenvalue weighted by Gasteiger charge is 2.26. The van der Waals surface area contributed by atoms with E-state index < -0.39 is 0 Å². The van der Waals surface area contributed by atoms with Gasteiger partial charge in [-0.3, -0.25) is 9.80 Å². The average molecular weight is 436 g/mol. The first-order valence-electron chi connectivity index (χ1n) is 11.3. The number of aliphatic hydroxyl groups is 1. The number of aliphatic hydroxyl groups excluding tert-OH is 1. The van der Waals surface area contributed by atoms with E-state index >= 15 is 0 Å². The molecule has 1 aliphatic heterocycles. The maximum Gasteiger partial charge on any atom is 0.137 e. The van der Waals surface area contributed by atoms with Crippen molar-refractivity contribution in [2.45, 2.75) is 32.0 Å². The zero-order valence-electron chi connectivity index (χ0n) is 18.8. The number of nitrogens with zero attached hydrogens (tertiary/aromatic N) is 5. The summed E-state index contributed by atoms with van der Waals surface area (Å²) in [7, 11) is 1.70. The molecule has 0 amide bonds. The Balaban J connectivity index is 1.38. The van der Waals surface area contributed by atoms with Crippen LogP contribution in [0.1, 0.15) is 23.1 Å². The molecule has 0 saturated carbocycles. The minimum Gasteiger partial charge on any atom is -0.496 e. The summed E-state index contributed by atoms with van der Waals surface area (Å²) >= 11 is 0. The number of hydrogen-bond donors (Lipinski definition) is 1. The summed E-state index contributed by atoms with van der Waals surface area (Å²) in [6.45, 7) is 5.82. The van der Waals surface area contributed by atoms with Gasteiger partial charge in [0.1, 0.15) is 18.4 Å². The van der Waals surface area contributed by atoms with E-state index in [4.69, 9.17) is 4.74 Å². The number of ether oxygens (including phenoxy) is 1. The second kappa shape index (κ2) is 11.2. The average Bonchev–Trinajstić information content (AvgIpc) is 3.33. The number of benzene rings is 2. The second-order valence-electron chi connectivity index (χ2n) is 8.41. The van der Waals surface area contributed by atoms with Crippen molar-refractivity contribution in [2.24, 2.45) is 0 Å². The van der Waals surface area contributed by atoms with Crippen molar-refractivity contribution >= 4 is 0 Å². The van der Waals surface area contributed by atoms with Crippen LogP contribution in [0.3, 0.4) is 0 Å². The lowest BCUT2D eigenvalue weighted by Gasteiger charge is -2.41. The highest BCUT2D eigenvalue weighted by atomic mass is 16.5. The highest BCUT2D eigenvalue weighted by molar-refractivity contribution is 5.37. The Morgan fingerprint density at radius 3 is 2.69 bits per heavy atom. The molecule has 1 aromatic heterocycles. The number of piperazine rings is 1. The van der Waals surface area contributed by atoms with Crippen LogP contribution in [0.4, 0.5) is 0 Å². The predicted octanol–water partition coefficient (Wildman–Crippen LogP) is 2.45. The van der Waals surface area contributed by atoms with Gasteiger partial charge >= 0.3 is 0 Å². The van der Waals surface area contributed by atoms with Gasteiger partial charge in [0, 0.05) is 50.9 Å². The smallest absolute Gasteiger partial charge is 0.137 e. The Kier molecular flexibility index (Phi) is 7.87. The lowest BCUT2D eigenvalue weighted by atomic mass is 10.0. The van der Waals surface area contributed by atoms with Crippen LogP contribution in [-0.2, 0) is 19.5 Å². The monoisotopic (exact) mass is 435 g/mol. The summed E-state index contributed by atoms with van der Waals surface area (Å²) < 4.78 is 7.37. The van der Waals surface area contributed by atoms with Gasteiger partial charge in [-0.1, -0.05) is 36.4 Å². The van der Waals surface area contributed by atoms with Crippen LogP contribution >= 0.6 is 0 Å². The van der Waals surface area contributed by atoms with Gasteiger partial charge in [-0.15, -0.1) is 0 Å². The number of methoxy groups -OCH3 is 1. The molecule has 1 fully saturated rings. The number of aromatic nitrogens is 3. The first kappa shape index (κ1) is 22.5. The summed E-state index contributed by atoms with van der Waals surface area (Å²) in [4.78, 5) is 9.08. The second-order valence-corrected chi connectivity index (χ2v) is 8.41. The van der Waals surface area contributed by atoms with Gasteiger partial charge in [0.25, 0.3) is 0 Å². The fourth-order valence-corrected chi connectivity index (χ4v) is 4.54. The zero-order chi connectivity index (χ0) is 22.2. The topological polar surface area (TPSA) is 66.7 Å². The molecule has 7 heteroatoms. The van der Waals surface area contributed by atoms with Gasteiger partial charge in [-0.2, -0.15) is 5.10 Å². The number of rotatable bonds is 10. The Bertz CT molecular complexity index is 948. The van der Waals surface area contributed by atoms with Crippen LogP contribution in [0.2, 0.25) is 0 Å². The minimum atomic E-state index is 0.227. The molecule has 7 nitrogen and oxygen atoms in total. The molecular weight excluding hydrogens is 402 g/mol. The molecule has 3 aromatic rings. The van der Waals surface area contributed by atoms with Crippen LogP contribution < -0.4 is 4.74 Å². The lowest BCUT2D eigenvalue weighted by Crippen LogP contribution is -2.53. The van der Waals surface area contributed by atoms with Crippen molar-refractivity contribution in [3.05, 3.63) is 77.9 Å². The fraction of sp³-hybridized carbons (Fsp3) is 0.440. The van der Waals surface area contributed by atoms with Crippen LogP contribution in [0.5, 0.6) is 5.75 Å². The van der Waals surface area contributed by atoms with E-state index in [0.29, 0.717) is 12.6 Å². The molecule has 4 rings (SSSR count). The van der Waals surface area contributed by atoms with Crippen molar-refractivity contribution < 1.29 is 9.84 Å². The number of hydrogen-bond acceptors (Lipinski definition) is 6. The molecule has 2 heterocycles. The van der Waals surface area contributed by atoms with E-state index in [0.717, 1.165) is 56.9 Å².